The Morgan fingerprint density at radius 2 is 2.13 bits per heavy atom. The van der Waals surface area contributed by atoms with Gasteiger partial charge in [-0.2, -0.15) is 0 Å². The largest absolute Gasteiger partial charge is 0.335 e. The summed E-state index contributed by atoms with van der Waals surface area (Å²) < 4.78 is 0. The minimum Gasteiger partial charge on any atom is -0.335 e. The van der Waals surface area contributed by atoms with Crippen LogP contribution in [-0.2, 0) is 17.8 Å². The molecule has 0 radical (unpaired) electrons. The van der Waals surface area contributed by atoms with E-state index in [1.54, 1.807) is 0 Å². The number of aromatic nitrogens is 1. The van der Waals surface area contributed by atoms with Gasteiger partial charge < -0.3 is 4.90 Å². The lowest BCUT2D eigenvalue weighted by molar-refractivity contribution is -0.133. The van der Waals surface area contributed by atoms with Crippen LogP contribution >= 0.6 is 11.3 Å². The average Bonchev–Trinajstić information content (AvgIpc) is 3.24. The van der Waals surface area contributed by atoms with E-state index in [2.05, 4.69) is 26.2 Å². The fourth-order valence-corrected chi connectivity index (χ4v) is 4.61. The quantitative estimate of drug-likeness (QED) is 0.870. The van der Waals surface area contributed by atoms with E-state index in [0.29, 0.717) is 6.54 Å². The second-order valence-electron chi connectivity index (χ2n) is 6.36. The average molecular weight is 327 g/mol. The van der Waals surface area contributed by atoms with Crippen molar-refractivity contribution in [3.05, 3.63) is 52.0 Å². The van der Waals surface area contributed by atoms with E-state index in [4.69, 9.17) is 0 Å². The number of carbonyl (C=O) groups excluding carboxylic acids is 1. The molecule has 4 rings (SSSR count). The highest BCUT2D eigenvalue weighted by atomic mass is 32.1. The number of rotatable bonds is 3. The summed E-state index contributed by atoms with van der Waals surface area (Å²) in [6, 6.07) is 6.50. The predicted molar refractivity (Wildman–Crippen MR) is 91.2 cm³/mol. The lowest BCUT2D eigenvalue weighted by Gasteiger charge is -2.30. The SMILES string of the molecule is O=C(CN1CCc2sccc2C1)N1CCC[C@@H]1c1ccncc1. The first-order chi connectivity index (χ1) is 11.3. The summed E-state index contributed by atoms with van der Waals surface area (Å²) in [5.74, 6) is 0.267. The molecule has 1 amide bonds. The number of pyridine rings is 1. The second kappa shape index (κ2) is 6.42. The Balaban J connectivity index is 1.43. The Kier molecular flexibility index (Phi) is 4.14. The van der Waals surface area contributed by atoms with Crippen molar-refractivity contribution in [2.75, 3.05) is 19.6 Å². The molecule has 5 heteroatoms. The summed E-state index contributed by atoms with van der Waals surface area (Å²) in [6.07, 6.45) is 6.87. The first-order valence-corrected chi connectivity index (χ1v) is 9.16. The number of hydrogen-bond donors (Lipinski definition) is 0. The topological polar surface area (TPSA) is 36.4 Å². The lowest BCUT2D eigenvalue weighted by atomic mass is 10.1. The summed E-state index contributed by atoms with van der Waals surface area (Å²) in [6.45, 7) is 3.32. The molecular formula is C18H21N3OS. The van der Waals surface area contributed by atoms with Crippen LogP contribution in [0.5, 0.6) is 0 Å². The minimum atomic E-state index is 0.229. The van der Waals surface area contributed by atoms with Crippen LogP contribution in [-0.4, -0.2) is 40.3 Å². The van der Waals surface area contributed by atoms with Crippen molar-refractivity contribution < 1.29 is 4.79 Å². The van der Waals surface area contributed by atoms with Crippen molar-refractivity contribution in [1.82, 2.24) is 14.8 Å². The number of likely N-dealkylation sites (tertiary alicyclic amines) is 1. The Morgan fingerprint density at radius 3 is 3.00 bits per heavy atom. The summed E-state index contributed by atoms with van der Waals surface area (Å²) in [5.41, 5.74) is 2.62. The molecule has 0 unspecified atom stereocenters. The molecule has 0 N–H and O–H groups in total. The van der Waals surface area contributed by atoms with Gasteiger partial charge in [0.25, 0.3) is 0 Å². The third-order valence-corrected chi connectivity index (χ3v) is 5.93. The Morgan fingerprint density at radius 1 is 1.26 bits per heavy atom. The number of thiophene rings is 1. The number of nitrogens with zero attached hydrogens (tertiary/aromatic N) is 3. The maximum absolute atomic E-state index is 12.8. The molecular weight excluding hydrogens is 306 g/mol. The molecule has 2 aliphatic heterocycles. The lowest BCUT2D eigenvalue weighted by Crippen LogP contribution is -2.41. The van der Waals surface area contributed by atoms with Crippen LogP contribution in [0.25, 0.3) is 0 Å². The van der Waals surface area contributed by atoms with Crippen LogP contribution in [0, 0.1) is 0 Å². The van der Waals surface area contributed by atoms with Crippen LogP contribution in [0.4, 0.5) is 0 Å². The number of fused-ring (bicyclic) bond motifs is 1. The van der Waals surface area contributed by atoms with Gasteiger partial charge >= 0.3 is 0 Å². The molecule has 1 saturated heterocycles. The molecule has 2 aliphatic rings. The molecule has 0 saturated carbocycles. The third kappa shape index (κ3) is 3.03. The van der Waals surface area contributed by atoms with Crippen LogP contribution in [0.3, 0.4) is 0 Å². The van der Waals surface area contributed by atoms with Crippen molar-refractivity contribution in [1.29, 1.82) is 0 Å². The fourth-order valence-electron chi connectivity index (χ4n) is 3.72. The van der Waals surface area contributed by atoms with Crippen molar-refractivity contribution in [2.45, 2.75) is 31.8 Å². The van der Waals surface area contributed by atoms with Gasteiger partial charge in [0.15, 0.2) is 0 Å². The zero-order valence-corrected chi connectivity index (χ0v) is 14.0. The van der Waals surface area contributed by atoms with Gasteiger partial charge in [0.2, 0.25) is 5.91 Å². The van der Waals surface area contributed by atoms with Gasteiger partial charge in [-0.25, -0.2) is 0 Å². The maximum Gasteiger partial charge on any atom is 0.237 e. The molecule has 0 aromatic carbocycles. The third-order valence-electron chi connectivity index (χ3n) is 4.91. The van der Waals surface area contributed by atoms with Crippen molar-refractivity contribution in [3.8, 4) is 0 Å². The van der Waals surface area contributed by atoms with E-state index in [1.165, 1.54) is 16.0 Å². The molecule has 1 atom stereocenters. The Hall–Kier alpha value is -1.72. The number of amides is 1. The maximum atomic E-state index is 12.8. The molecule has 23 heavy (non-hydrogen) atoms. The first-order valence-electron chi connectivity index (χ1n) is 8.28. The zero-order chi connectivity index (χ0) is 15.6. The van der Waals surface area contributed by atoms with Crippen LogP contribution in [0.1, 0.15) is 34.9 Å². The van der Waals surface area contributed by atoms with E-state index < -0.39 is 0 Å². The Bertz CT molecular complexity index is 685. The summed E-state index contributed by atoms with van der Waals surface area (Å²) in [4.78, 5) is 22.8. The number of hydrogen-bond acceptors (Lipinski definition) is 4. The molecule has 1 fully saturated rings. The highest BCUT2D eigenvalue weighted by Gasteiger charge is 2.31. The molecule has 0 spiro atoms. The van der Waals surface area contributed by atoms with Crippen LogP contribution < -0.4 is 0 Å². The monoisotopic (exact) mass is 327 g/mol. The van der Waals surface area contributed by atoms with Crippen molar-refractivity contribution in [2.24, 2.45) is 0 Å². The van der Waals surface area contributed by atoms with E-state index in [-0.39, 0.29) is 11.9 Å². The standard InChI is InChI=1S/C18H21N3OS/c22-18(13-20-10-5-17-15(12-20)6-11-23-17)21-9-1-2-16(21)14-3-7-19-8-4-14/h3-4,6-8,11,16H,1-2,5,9-10,12-13H2/t16-/m1/s1. The van der Waals surface area contributed by atoms with E-state index in [1.807, 2.05) is 35.9 Å². The molecule has 4 nitrogen and oxygen atoms in total. The zero-order valence-electron chi connectivity index (χ0n) is 13.1. The van der Waals surface area contributed by atoms with E-state index >= 15 is 0 Å². The van der Waals surface area contributed by atoms with Crippen molar-refractivity contribution in [3.63, 3.8) is 0 Å². The summed E-state index contributed by atoms with van der Waals surface area (Å²) in [7, 11) is 0. The fraction of sp³-hybridized carbons (Fsp3) is 0.444. The van der Waals surface area contributed by atoms with Gasteiger partial charge in [0.05, 0.1) is 12.6 Å². The predicted octanol–water partition coefficient (Wildman–Crippen LogP) is 2.86. The molecule has 4 heterocycles. The highest BCUT2D eigenvalue weighted by molar-refractivity contribution is 7.10. The summed E-state index contributed by atoms with van der Waals surface area (Å²) >= 11 is 1.84. The molecule has 0 bridgehead atoms. The van der Waals surface area contributed by atoms with Gasteiger partial charge in [-0.3, -0.25) is 14.7 Å². The van der Waals surface area contributed by atoms with Gasteiger partial charge in [-0.1, -0.05) is 0 Å². The second-order valence-corrected chi connectivity index (χ2v) is 7.36. The Labute approximate surface area is 140 Å². The smallest absolute Gasteiger partial charge is 0.237 e. The number of carbonyl (C=O) groups is 1. The molecule has 2 aromatic heterocycles. The molecule has 120 valence electrons. The first kappa shape index (κ1) is 14.8. The van der Waals surface area contributed by atoms with Gasteiger partial charge in [-0.15, -0.1) is 11.3 Å². The molecule has 2 aromatic rings. The minimum absolute atomic E-state index is 0.229. The summed E-state index contributed by atoms with van der Waals surface area (Å²) in [5, 5.41) is 2.16. The van der Waals surface area contributed by atoms with Crippen LogP contribution in [0.2, 0.25) is 0 Å². The van der Waals surface area contributed by atoms with E-state index in [9.17, 15) is 4.79 Å². The van der Waals surface area contributed by atoms with Gasteiger partial charge in [-0.05, 0) is 54.0 Å². The molecule has 0 aliphatic carbocycles. The highest BCUT2D eigenvalue weighted by Crippen LogP contribution is 2.32. The van der Waals surface area contributed by atoms with Gasteiger partial charge in [0.1, 0.15) is 0 Å². The van der Waals surface area contributed by atoms with Gasteiger partial charge in [0, 0.05) is 36.9 Å². The van der Waals surface area contributed by atoms with E-state index in [0.717, 1.165) is 38.9 Å². The van der Waals surface area contributed by atoms with Crippen molar-refractivity contribution >= 4 is 17.2 Å². The van der Waals surface area contributed by atoms with Crippen LogP contribution in [0.15, 0.2) is 36.0 Å². The normalized spacial score (nSPS) is 21.4.